The van der Waals surface area contributed by atoms with E-state index >= 15 is 0 Å². The first-order chi connectivity index (χ1) is 11.0. The maximum atomic E-state index is 13.1. The van der Waals surface area contributed by atoms with Gasteiger partial charge in [-0.2, -0.15) is 4.31 Å². The van der Waals surface area contributed by atoms with Crippen molar-refractivity contribution in [3.63, 3.8) is 0 Å². The molecule has 2 aromatic rings. The van der Waals surface area contributed by atoms with E-state index in [2.05, 4.69) is 13.8 Å². The third-order valence-corrected chi connectivity index (χ3v) is 5.96. The molecule has 0 saturated heterocycles. The first kappa shape index (κ1) is 17.8. The van der Waals surface area contributed by atoms with E-state index in [-0.39, 0.29) is 0 Å². The summed E-state index contributed by atoms with van der Waals surface area (Å²) in [5.74, 6) is 0. The second-order valence-electron chi connectivity index (χ2n) is 5.85. The molecule has 2 rings (SSSR count). The van der Waals surface area contributed by atoms with E-state index in [1.807, 2.05) is 12.1 Å². The highest BCUT2D eigenvalue weighted by molar-refractivity contribution is 7.89. The molecule has 0 radical (unpaired) electrons. The number of nitrogen functional groups attached to an aromatic ring is 1. The van der Waals surface area contributed by atoms with Crippen molar-refractivity contribution in [1.82, 2.24) is 4.31 Å². The average molecular weight is 334 g/mol. The number of benzene rings is 2. The molecule has 0 aliphatic heterocycles. The summed E-state index contributed by atoms with van der Waals surface area (Å²) in [6.45, 7) is 5.30. The zero-order valence-electron chi connectivity index (χ0n) is 14.0. The third kappa shape index (κ3) is 4.03. The minimum absolute atomic E-state index is 0.377. The van der Waals surface area contributed by atoms with E-state index in [1.54, 1.807) is 28.6 Å². The Bertz CT molecular complexity index is 749. The molecule has 0 aliphatic rings. The van der Waals surface area contributed by atoms with Gasteiger partial charge < -0.3 is 5.73 Å². The lowest BCUT2D eigenvalue weighted by atomic mass is 10.1. The summed E-state index contributed by atoms with van der Waals surface area (Å²) in [5, 5.41) is 1.59. The van der Waals surface area contributed by atoms with Crippen LogP contribution in [0, 0.1) is 0 Å². The summed E-state index contributed by atoms with van der Waals surface area (Å²) in [4.78, 5) is 0.377. The molecule has 5 heteroatoms. The molecule has 0 aromatic heterocycles. The van der Waals surface area contributed by atoms with Gasteiger partial charge >= 0.3 is 0 Å². The van der Waals surface area contributed by atoms with Crippen LogP contribution >= 0.6 is 0 Å². The molecule has 0 saturated carbocycles. The van der Waals surface area contributed by atoms with Crippen LogP contribution in [0.2, 0.25) is 0 Å². The Balaban J connectivity index is 2.47. The fourth-order valence-electron chi connectivity index (χ4n) is 2.66. The molecule has 126 valence electrons. The molecule has 0 aliphatic carbocycles. The highest BCUT2D eigenvalue weighted by Crippen LogP contribution is 2.27. The standard InChI is InChI=1S/C18H26N2O2S/c1-3-5-12-20(13-6-4-2)23(21,22)18-9-7-8-15-14-16(19)10-11-17(15)18/h7-11,14H,3-6,12-13,19H2,1-2H3. The van der Waals surface area contributed by atoms with Crippen LogP contribution in [0.15, 0.2) is 41.3 Å². The van der Waals surface area contributed by atoms with Crippen molar-refractivity contribution in [2.45, 2.75) is 44.4 Å². The Morgan fingerprint density at radius 1 is 1.00 bits per heavy atom. The fraction of sp³-hybridized carbons (Fsp3) is 0.444. The first-order valence-corrected chi connectivity index (χ1v) is 9.73. The highest BCUT2D eigenvalue weighted by atomic mass is 32.2. The Hall–Kier alpha value is -1.59. The van der Waals surface area contributed by atoms with Gasteiger partial charge in [0.25, 0.3) is 0 Å². The van der Waals surface area contributed by atoms with Gasteiger partial charge in [-0.05, 0) is 36.4 Å². The monoisotopic (exact) mass is 334 g/mol. The number of anilines is 1. The maximum absolute atomic E-state index is 13.1. The van der Waals surface area contributed by atoms with Gasteiger partial charge in [-0.15, -0.1) is 0 Å². The lowest BCUT2D eigenvalue weighted by Crippen LogP contribution is -2.33. The van der Waals surface area contributed by atoms with Crippen LogP contribution in [0.3, 0.4) is 0 Å². The predicted octanol–water partition coefficient (Wildman–Crippen LogP) is 4.01. The molecule has 2 aromatic carbocycles. The quantitative estimate of drug-likeness (QED) is 0.742. The van der Waals surface area contributed by atoms with Gasteiger partial charge in [0.05, 0.1) is 4.90 Å². The molecular weight excluding hydrogens is 308 g/mol. The van der Waals surface area contributed by atoms with Crippen molar-refractivity contribution < 1.29 is 8.42 Å². The summed E-state index contributed by atoms with van der Waals surface area (Å²) < 4.78 is 27.9. The van der Waals surface area contributed by atoms with Crippen LogP contribution in [-0.4, -0.2) is 25.8 Å². The van der Waals surface area contributed by atoms with E-state index in [1.165, 1.54) is 0 Å². The fourth-order valence-corrected chi connectivity index (χ4v) is 4.39. The number of nitrogens with zero attached hydrogens (tertiary/aromatic N) is 1. The zero-order chi connectivity index (χ0) is 16.9. The van der Waals surface area contributed by atoms with Crippen molar-refractivity contribution in [1.29, 1.82) is 0 Å². The number of sulfonamides is 1. The van der Waals surface area contributed by atoms with E-state index in [4.69, 9.17) is 5.73 Å². The van der Waals surface area contributed by atoms with Gasteiger partial charge in [-0.25, -0.2) is 8.42 Å². The first-order valence-electron chi connectivity index (χ1n) is 8.29. The smallest absolute Gasteiger partial charge is 0.243 e. The van der Waals surface area contributed by atoms with Crippen molar-refractivity contribution in [2.75, 3.05) is 18.8 Å². The predicted molar refractivity (Wildman–Crippen MR) is 96.9 cm³/mol. The summed E-state index contributed by atoms with van der Waals surface area (Å²) >= 11 is 0. The number of nitrogens with two attached hydrogens (primary N) is 1. The van der Waals surface area contributed by atoms with E-state index in [0.717, 1.165) is 36.5 Å². The third-order valence-electron chi connectivity index (χ3n) is 4.00. The van der Waals surface area contributed by atoms with Crippen LogP contribution in [0.4, 0.5) is 5.69 Å². The zero-order valence-corrected chi connectivity index (χ0v) is 14.8. The average Bonchev–Trinajstić information content (AvgIpc) is 2.53. The minimum atomic E-state index is -3.49. The molecule has 0 bridgehead atoms. The lowest BCUT2D eigenvalue weighted by Gasteiger charge is -2.22. The second kappa shape index (κ2) is 7.79. The molecule has 0 atom stereocenters. The van der Waals surface area contributed by atoms with E-state index in [9.17, 15) is 8.42 Å². The molecule has 0 spiro atoms. The van der Waals surface area contributed by atoms with Gasteiger partial charge in [0, 0.05) is 24.2 Å². The van der Waals surface area contributed by atoms with Crippen molar-refractivity contribution in [3.05, 3.63) is 36.4 Å². The van der Waals surface area contributed by atoms with E-state index < -0.39 is 10.0 Å². The Morgan fingerprint density at radius 2 is 1.65 bits per heavy atom. The molecule has 0 fully saturated rings. The maximum Gasteiger partial charge on any atom is 0.243 e. The summed E-state index contributed by atoms with van der Waals surface area (Å²) in [6.07, 6.45) is 3.70. The molecule has 4 nitrogen and oxygen atoms in total. The molecule has 23 heavy (non-hydrogen) atoms. The molecule has 2 N–H and O–H groups in total. The van der Waals surface area contributed by atoms with Crippen LogP contribution in [0.5, 0.6) is 0 Å². The Morgan fingerprint density at radius 3 is 2.26 bits per heavy atom. The van der Waals surface area contributed by atoms with Gasteiger partial charge in [-0.1, -0.05) is 44.9 Å². The van der Waals surface area contributed by atoms with Crippen molar-refractivity contribution in [3.8, 4) is 0 Å². The number of fused-ring (bicyclic) bond motifs is 1. The Kier molecular flexibility index (Phi) is 6.02. The Labute approximate surface area is 139 Å². The van der Waals surface area contributed by atoms with Crippen molar-refractivity contribution in [2.24, 2.45) is 0 Å². The summed E-state index contributed by atoms with van der Waals surface area (Å²) in [5.41, 5.74) is 6.45. The van der Waals surface area contributed by atoms with Gasteiger partial charge in [-0.3, -0.25) is 0 Å². The molecule has 0 heterocycles. The topological polar surface area (TPSA) is 63.4 Å². The van der Waals surface area contributed by atoms with Crippen molar-refractivity contribution >= 4 is 26.5 Å². The molecule has 0 amide bonds. The van der Waals surface area contributed by atoms with Gasteiger partial charge in [0.15, 0.2) is 0 Å². The van der Waals surface area contributed by atoms with E-state index in [0.29, 0.717) is 23.7 Å². The number of unbranched alkanes of at least 4 members (excludes halogenated alkanes) is 2. The van der Waals surface area contributed by atoms with Gasteiger partial charge in [0.1, 0.15) is 0 Å². The second-order valence-corrected chi connectivity index (χ2v) is 7.75. The summed E-state index contributed by atoms with van der Waals surface area (Å²) in [6, 6.07) is 10.7. The van der Waals surface area contributed by atoms with Crippen LogP contribution < -0.4 is 5.73 Å². The minimum Gasteiger partial charge on any atom is -0.399 e. The molecule has 0 unspecified atom stereocenters. The lowest BCUT2D eigenvalue weighted by molar-refractivity contribution is 0.395. The summed E-state index contributed by atoms with van der Waals surface area (Å²) in [7, 11) is -3.49. The molecular formula is C18H26N2O2S. The van der Waals surface area contributed by atoms with Crippen LogP contribution in [0.1, 0.15) is 39.5 Å². The normalized spacial score (nSPS) is 12.1. The van der Waals surface area contributed by atoms with Crippen LogP contribution in [0.25, 0.3) is 10.8 Å². The van der Waals surface area contributed by atoms with Crippen LogP contribution in [-0.2, 0) is 10.0 Å². The number of hydrogen-bond acceptors (Lipinski definition) is 3. The SMILES string of the molecule is CCCCN(CCCC)S(=O)(=O)c1cccc2cc(N)ccc12. The largest absolute Gasteiger partial charge is 0.399 e. The van der Waals surface area contributed by atoms with Gasteiger partial charge in [0.2, 0.25) is 10.0 Å². The number of hydrogen-bond donors (Lipinski definition) is 1. The highest BCUT2D eigenvalue weighted by Gasteiger charge is 2.25. The number of rotatable bonds is 8.